The number of carbonyl (C=O) groups excluding carboxylic acids is 1. The molecule has 0 aromatic carbocycles. The van der Waals surface area contributed by atoms with E-state index in [0.29, 0.717) is 30.4 Å². The van der Waals surface area contributed by atoms with E-state index >= 15 is 0 Å². The standard InChI is InChI=1S/C22H32ClN5O3/c1-14-16(11-15-13-24-8-10-30-15)20(23)28-19(25-14)12-17(26-28)18-7-5-6-9-27(18)21(29)31-22(2,3)4/h12,15,18,24H,5-11,13H2,1-4H3/t15?,18-/m0/s1. The molecule has 1 amide bonds. The number of ether oxygens (including phenoxy) is 2. The fraction of sp³-hybridized carbons (Fsp3) is 0.682. The van der Waals surface area contributed by atoms with Gasteiger partial charge in [0.2, 0.25) is 0 Å². The van der Waals surface area contributed by atoms with Crippen molar-refractivity contribution >= 4 is 23.3 Å². The molecule has 1 unspecified atom stereocenters. The van der Waals surface area contributed by atoms with Gasteiger partial charge in [0.25, 0.3) is 0 Å². The van der Waals surface area contributed by atoms with Crippen LogP contribution in [-0.4, -0.2) is 63.5 Å². The lowest BCUT2D eigenvalue weighted by Crippen LogP contribution is -2.42. The van der Waals surface area contributed by atoms with Crippen molar-refractivity contribution in [1.29, 1.82) is 0 Å². The molecule has 4 rings (SSSR count). The van der Waals surface area contributed by atoms with Crippen LogP contribution in [0, 0.1) is 6.92 Å². The summed E-state index contributed by atoms with van der Waals surface area (Å²) in [5, 5.41) is 8.68. The van der Waals surface area contributed by atoms with Crippen molar-refractivity contribution in [3.05, 3.63) is 28.2 Å². The van der Waals surface area contributed by atoms with Crippen molar-refractivity contribution in [1.82, 2.24) is 24.8 Å². The number of likely N-dealkylation sites (tertiary alicyclic amines) is 1. The van der Waals surface area contributed by atoms with Gasteiger partial charge in [-0.3, -0.25) is 4.90 Å². The Morgan fingerprint density at radius 3 is 2.90 bits per heavy atom. The van der Waals surface area contributed by atoms with Crippen LogP contribution in [0.1, 0.15) is 63.0 Å². The van der Waals surface area contributed by atoms with Gasteiger partial charge in [0.15, 0.2) is 5.65 Å². The van der Waals surface area contributed by atoms with Gasteiger partial charge in [0.1, 0.15) is 10.8 Å². The van der Waals surface area contributed by atoms with E-state index in [1.165, 1.54) is 0 Å². The van der Waals surface area contributed by atoms with E-state index in [2.05, 4.69) is 5.32 Å². The number of aromatic nitrogens is 3. The lowest BCUT2D eigenvalue weighted by molar-refractivity contribution is 0.00896. The van der Waals surface area contributed by atoms with Crippen LogP contribution in [0.15, 0.2) is 6.07 Å². The molecule has 0 radical (unpaired) electrons. The monoisotopic (exact) mass is 449 g/mol. The van der Waals surface area contributed by atoms with Gasteiger partial charge in [-0.2, -0.15) is 5.10 Å². The highest BCUT2D eigenvalue weighted by Crippen LogP contribution is 2.33. The van der Waals surface area contributed by atoms with Crippen molar-refractivity contribution in [2.45, 2.75) is 71.1 Å². The van der Waals surface area contributed by atoms with Gasteiger partial charge >= 0.3 is 6.09 Å². The molecule has 2 aromatic heterocycles. The summed E-state index contributed by atoms with van der Waals surface area (Å²) in [5.41, 5.74) is 2.78. The zero-order valence-electron chi connectivity index (χ0n) is 18.8. The number of hydrogen-bond acceptors (Lipinski definition) is 6. The second-order valence-electron chi connectivity index (χ2n) is 9.39. The zero-order chi connectivity index (χ0) is 22.2. The number of aryl methyl sites for hydroxylation is 1. The summed E-state index contributed by atoms with van der Waals surface area (Å²) < 4.78 is 13.2. The van der Waals surface area contributed by atoms with Crippen molar-refractivity contribution in [2.75, 3.05) is 26.2 Å². The van der Waals surface area contributed by atoms with Crippen LogP contribution in [0.2, 0.25) is 5.15 Å². The molecule has 0 bridgehead atoms. The van der Waals surface area contributed by atoms with Crippen LogP contribution in [0.4, 0.5) is 4.79 Å². The predicted octanol–water partition coefficient (Wildman–Crippen LogP) is 3.68. The van der Waals surface area contributed by atoms with Crippen LogP contribution in [0.3, 0.4) is 0 Å². The van der Waals surface area contributed by atoms with Gasteiger partial charge in [-0.05, 0) is 47.0 Å². The Kier molecular flexibility index (Phi) is 6.42. The van der Waals surface area contributed by atoms with Gasteiger partial charge in [-0.15, -0.1) is 0 Å². The van der Waals surface area contributed by atoms with Gasteiger partial charge in [-0.25, -0.2) is 14.3 Å². The SMILES string of the molecule is Cc1nc2cc([C@@H]3CCCCN3C(=O)OC(C)(C)C)nn2c(Cl)c1CC1CNCCO1. The number of halogens is 1. The highest BCUT2D eigenvalue weighted by Gasteiger charge is 2.33. The lowest BCUT2D eigenvalue weighted by Gasteiger charge is -2.35. The maximum absolute atomic E-state index is 12.8. The Labute approximate surface area is 188 Å². The van der Waals surface area contributed by atoms with E-state index in [1.807, 2.05) is 33.8 Å². The summed E-state index contributed by atoms with van der Waals surface area (Å²) in [4.78, 5) is 19.4. The summed E-state index contributed by atoms with van der Waals surface area (Å²) in [6.07, 6.45) is 3.29. The Hall–Kier alpha value is -1.90. The maximum Gasteiger partial charge on any atom is 0.410 e. The maximum atomic E-state index is 12.8. The van der Waals surface area contributed by atoms with Gasteiger partial charge in [0, 0.05) is 43.4 Å². The van der Waals surface area contributed by atoms with E-state index in [9.17, 15) is 4.79 Å². The zero-order valence-corrected chi connectivity index (χ0v) is 19.5. The molecule has 2 fully saturated rings. The molecule has 2 aliphatic rings. The molecule has 2 aromatic rings. The molecule has 9 heteroatoms. The Morgan fingerprint density at radius 2 is 2.19 bits per heavy atom. The van der Waals surface area contributed by atoms with Crippen LogP contribution in [-0.2, 0) is 15.9 Å². The summed E-state index contributed by atoms with van der Waals surface area (Å²) in [6.45, 7) is 10.6. The number of rotatable bonds is 3. The third kappa shape index (κ3) is 4.96. The number of fused-ring (bicyclic) bond motifs is 1. The minimum Gasteiger partial charge on any atom is -0.444 e. The summed E-state index contributed by atoms with van der Waals surface area (Å²) in [5.74, 6) is 0. The number of nitrogens with zero attached hydrogens (tertiary/aromatic N) is 4. The highest BCUT2D eigenvalue weighted by molar-refractivity contribution is 6.30. The largest absolute Gasteiger partial charge is 0.444 e. The molecule has 2 saturated heterocycles. The molecule has 8 nitrogen and oxygen atoms in total. The number of piperidine rings is 1. The third-order valence-electron chi connectivity index (χ3n) is 5.77. The van der Waals surface area contributed by atoms with Crippen LogP contribution >= 0.6 is 11.6 Å². The van der Waals surface area contributed by atoms with Crippen molar-refractivity contribution in [3.8, 4) is 0 Å². The topological polar surface area (TPSA) is 81.0 Å². The lowest BCUT2D eigenvalue weighted by atomic mass is 10.00. The van der Waals surface area contributed by atoms with E-state index in [0.717, 1.165) is 49.3 Å². The fourth-order valence-electron chi connectivity index (χ4n) is 4.28. The van der Waals surface area contributed by atoms with E-state index in [4.69, 9.17) is 31.2 Å². The van der Waals surface area contributed by atoms with Gasteiger partial charge in [-0.1, -0.05) is 11.6 Å². The smallest absolute Gasteiger partial charge is 0.410 e. The van der Waals surface area contributed by atoms with Crippen molar-refractivity contribution in [3.63, 3.8) is 0 Å². The molecule has 1 N–H and O–H groups in total. The first-order chi connectivity index (χ1) is 14.7. The molecule has 0 aliphatic carbocycles. The highest BCUT2D eigenvalue weighted by atomic mass is 35.5. The second-order valence-corrected chi connectivity index (χ2v) is 9.75. The van der Waals surface area contributed by atoms with Crippen molar-refractivity contribution < 1.29 is 14.3 Å². The first-order valence-electron chi connectivity index (χ1n) is 11.1. The molecule has 2 aliphatic heterocycles. The molecule has 170 valence electrons. The summed E-state index contributed by atoms with van der Waals surface area (Å²) >= 11 is 6.78. The minimum absolute atomic E-state index is 0.0697. The average molecular weight is 450 g/mol. The second kappa shape index (κ2) is 8.92. The molecule has 4 heterocycles. The molecule has 0 saturated carbocycles. The number of nitrogens with one attached hydrogen (secondary N) is 1. The first-order valence-corrected chi connectivity index (χ1v) is 11.5. The molecular weight excluding hydrogens is 418 g/mol. The fourth-order valence-corrected chi connectivity index (χ4v) is 4.62. The van der Waals surface area contributed by atoms with Crippen LogP contribution in [0.5, 0.6) is 0 Å². The normalized spacial score (nSPS) is 22.7. The number of morpholine rings is 1. The number of carbonyl (C=O) groups is 1. The minimum atomic E-state index is -0.537. The molecule has 2 atom stereocenters. The third-order valence-corrected chi connectivity index (χ3v) is 6.16. The first kappa shape index (κ1) is 22.3. The number of amides is 1. The predicted molar refractivity (Wildman–Crippen MR) is 119 cm³/mol. The summed E-state index contributed by atoms with van der Waals surface area (Å²) in [7, 11) is 0. The van der Waals surface area contributed by atoms with E-state index in [-0.39, 0.29) is 18.2 Å². The van der Waals surface area contributed by atoms with E-state index < -0.39 is 5.60 Å². The van der Waals surface area contributed by atoms with Gasteiger partial charge in [0.05, 0.1) is 24.4 Å². The Morgan fingerprint density at radius 1 is 1.39 bits per heavy atom. The molecule has 31 heavy (non-hydrogen) atoms. The van der Waals surface area contributed by atoms with E-state index in [1.54, 1.807) is 9.42 Å². The van der Waals surface area contributed by atoms with Crippen molar-refractivity contribution in [2.24, 2.45) is 0 Å². The Bertz CT molecular complexity index is 949. The Balaban J connectivity index is 1.63. The summed E-state index contributed by atoms with van der Waals surface area (Å²) in [6, 6.07) is 1.80. The quantitative estimate of drug-likeness (QED) is 0.720. The van der Waals surface area contributed by atoms with Crippen LogP contribution < -0.4 is 5.32 Å². The van der Waals surface area contributed by atoms with Crippen LogP contribution in [0.25, 0.3) is 5.65 Å². The van der Waals surface area contributed by atoms with Gasteiger partial charge < -0.3 is 14.8 Å². The average Bonchev–Trinajstić information content (AvgIpc) is 3.14. The number of hydrogen-bond donors (Lipinski definition) is 1. The molecule has 0 spiro atoms. The molecular formula is C22H32ClN5O3.